The third-order valence-electron chi connectivity index (χ3n) is 2.81. The Bertz CT molecular complexity index is 574. The number of aryl methyl sites for hydroxylation is 1. The second-order valence-electron chi connectivity index (χ2n) is 4.70. The highest BCUT2D eigenvalue weighted by atomic mass is 19.4. The van der Waals surface area contributed by atoms with Crippen molar-refractivity contribution in [2.75, 3.05) is 13.7 Å². The van der Waals surface area contributed by atoms with E-state index < -0.39 is 37.1 Å². The normalized spacial score (nSPS) is 12.4. The summed E-state index contributed by atoms with van der Waals surface area (Å²) in [5.41, 5.74) is 0.742. The van der Waals surface area contributed by atoms with Crippen LogP contribution in [0.25, 0.3) is 0 Å². The zero-order valence-corrected chi connectivity index (χ0v) is 12.4. The molecule has 0 aromatic heterocycles. The Labute approximate surface area is 130 Å². The molecular formula is C14H16F3NO5. The Kier molecular flexibility index (Phi) is 6.23. The van der Waals surface area contributed by atoms with Gasteiger partial charge in [0.1, 0.15) is 17.5 Å². The molecule has 0 aliphatic heterocycles. The molecule has 1 amide bonds. The maximum atomic E-state index is 12.2. The number of alkyl halides is 3. The van der Waals surface area contributed by atoms with Crippen molar-refractivity contribution >= 4 is 11.9 Å². The highest BCUT2D eigenvalue weighted by Gasteiger charge is 2.36. The molecule has 0 aliphatic rings. The first-order valence-electron chi connectivity index (χ1n) is 6.48. The lowest BCUT2D eigenvalue weighted by molar-refractivity contribution is -0.160. The van der Waals surface area contributed by atoms with E-state index >= 15 is 0 Å². The molecule has 128 valence electrons. The average molecular weight is 335 g/mol. The van der Waals surface area contributed by atoms with Crippen molar-refractivity contribution in [1.82, 2.24) is 5.32 Å². The van der Waals surface area contributed by atoms with E-state index in [4.69, 9.17) is 14.6 Å². The van der Waals surface area contributed by atoms with Crippen LogP contribution in [0.2, 0.25) is 0 Å². The van der Waals surface area contributed by atoms with Crippen molar-refractivity contribution in [2.24, 2.45) is 0 Å². The monoisotopic (exact) mass is 335 g/mol. The second-order valence-corrected chi connectivity index (χ2v) is 4.70. The number of carboxylic acid groups (broad SMARTS) is 1. The summed E-state index contributed by atoms with van der Waals surface area (Å²) in [6, 6.07) is 2.65. The number of methoxy groups -OCH3 is 1. The van der Waals surface area contributed by atoms with Crippen molar-refractivity contribution in [1.29, 1.82) is 0 Å². The minimum Gasteiger partial charge on any atom is -0.496 e. The van der Waals surface area contributed by atoms with Gasteiger partial charge in [-0.3, -0.25) is 4.79 Å². The summed E-state index contributed by atoms with van der Waals surface area (Å²) in [7, 11) is 1.49. The Hall–Kier alpha value is -2.45. The number of hydrogen-bond donors (Lipinski definition) is 2. The van der Waals surface area contributed by atoms with Crippen molar-refractivity contribution in [3.63, 3.8) is 0 Å². The molecule has 0 aliphatic carbocycles. The van der Waals surface area contributed by atoms with Gasteiger partial charge in [0.2, 0.25) is 0 Å². The number of halogens is 3. The van der Waals surface area contributed by atoms with Gasteiger partial charge in [-0.2, -0.15) is 13.2 Å². The zero-order chi connectivity index (χ0) is 17.6. The first-order valence-corrected chi connectivity index (χ1v) is 6.48. The van der Waals surface area contributed by atoms with Crippen LogP contribution in [0.4, 0.5) is 13.2 Å². The highest BCUT2D eigenvalue weighted by molar-refractivity contribution is 5.84. The Morgan fingerprint density at radius 2 is 2.00 bits per heavy atom. The van der Waals surface area contributed by atoms with Gasteiger partial charge in [-0.05, 0) is 30.7 Å². The number of hydrogen-bond acceptors (Lipinski definition) is 4. The summed E-state index contributed by atoms with van der Waals surface area (Å²) in [5.74, 6) is -1.81. The Morgan fingerprint density at radius 1 is 1.35 bits per heavy atom. The predicted octanol–water partition coefficient (Wildman–Crippen LogP) is 1.90. The van der Waals surface area contributed by atoms with Gasteiger partial charge in [0.15, 0.2) is 6.61 Å². The molecule has 0 saturated heterocycles. The molecule has 1 aromatic carbocycles. The fourth-order valence-corrected chi connectivity index (χ4v) is 1.76. The molecule has 0 fully saturated rings. The summed E-state index contributed by atoms with van der Waals surface area (Å²) in [4.78, 5) is 22.3. The fourth-order valence-electron chi connectivity index (χ4n) is 1.76. The molecule has 1 aromatic rings. The predicted molar refractivity (Wildman–Crippen MR) is 73.5 cm³/mol. The molecule has 2 N–H and O–H groups in total. The van der Waals surface area contributed by atoms with E-state index in [1.54, 1.807) is 24.4 Å². The smallest absolute Gasteiger partial charge is 0.391 e. The van der Waals surface area contributed by atoms with Crippen molar-refractivity contribution in [3.05, 3.63) is 23.8 Å². The quantitative estimate of drug-likeness (QED) is 0.795. The van der Waals surface area contributed by atoms with Crippen LogP contribution in [0.5, 0.6) is 11.5 Å². The number of ether oxygens (including phenoxy) is 2. The van der Waals surface area contributed by atoms with Crippen LogP contribution in [0.1, 0.15) is 12.0 Å². The lowest BCUT2D eigenvalue weighted by atomic mass is 10.2. The van der Waals surface area contributed by atoms with Crippen molar-refractivity contribution in [3.8, 4) is 11.5 Å². The Balaban J connectivity index is 2.58. The number of amides is 1. The van der Waals surface area contributed by atoms with Gasteiger partial charge in [-0.15, -0.1) is 0 Å². The van der Waals surface area contributed by atoms with Crippen LogP contribution >= 0.6 is 0 Å². The van der Waals surface area contributed by atoms with Gasteiger partial charge in [-0.1, -0.05) is 0 Å². The first-order chi connectivity index (χ1) is 10.6. The molecule has 0 bridgehead atoms. The number of benzene rings is 1. The summed E-state index contributed by atoms with van der Waals surface area (Å²) in [6.07, 6.45) is -6.36. The van der Waals surface area contributed by atoms with Gasteiger partial charge in [-0.25, -0.2) is 4.79 Å². The van der Waals surface area contributed by atoms with Crippen LogP contribution in [-0.2, 0) is 9.59 Å². The van der Waals surface area contributed by atoms with Gasteiger partial charge in [0.05, 0.1) is 13.5 Å². The maximum Gasteiger partial charge on any atom is 0.391 e. The minimum absolute atomic E-state index is 0.307. The van der Waals surface area contributed by atoms with E-state index in [2.05, 4.69) is 0 Å². The first kappa shape index (κ1) is 18.6. The fraction of sp³-hybridized carbons (Fsp3) is 0.429. The molecule has 1 rings (SSSR count). The largest absolute Gasteiger partial charge is 0.496 e. The molecule has 6 nitrogen and oxygen atoms in total. The van der Waals surface area contributed by atoms with Crippen LogP contribution < -0.4 is 14.8 Å². The molecule has 0 saturated carbocycles. The molecule has 0 heterocycles. The zero-order valence-electron chi connectivity index (χ0n) is 12.4. The number of carbonyl (C=O) groups excluding carboxylic acids is 1. The van der Waals surface area contributed by atoms with E-state index in [1.165, 1.54) is 13.2 Å². The third-order valence-corrected chi connectivity index (χ3v) is 2.81. The summed E-state index contributed by atoms with van der Waals surface area (Å²) >= 11 is 0. The van der Waals surface area contributed by atoms with Gasteiger partial charge < -0.3 is 19.9 Å². The lowest BCUT2D eigenvalue weighted by Gasteiger charge is -2.16. The molecule has 23 heavy (non-hydrogen) atoms. The summed E-state index contributed by atoms with van der Waals surface area (Å²) < 4.78 is 46.8. The van der Waals surface area contributed by atoms with E-state index in [1.807, 2.05) is 0 Å². The number of nitrogens with one attached hydrogen (secondary N) is 1. The van der Waals surface area contributed by atoms with Gasteiger partial charge in [0, 0.05) is 0 Å². The summed E-state index contributed by atoms with van der Waals surface area (Å²) in [6.45, 7) is 1.14. The van der Waals surface area contributed by atoms with Gasteiger partial charge >= 0.3 is 12.1 Å². The lowest BCUT2D eigenvalue weighted by Crippen LogP contribution is -2.45. The van der Waals surface area contributed by atoms with E-state index in [0.717, 1.165) is 5.56 Å². The van der Waals surface area contributed by atoms with Crippen molar-refractivity contribution < 1.29 is 37.3 Å². The van der Waals surface area contributed by atoms with Crippen LogP contribution in [-0.4, -0.2) is 42.9 Å². The maximum absolute atomic E-state index is 12.2. The van der Waals surface area contributed by atoms with Crippen LogP contribution in [0.3, 0.4) is 0 Å². The average Bonchev–Trinajstić information content (AvgIpc) is 2.43. The highest BCUT2D eigenvalue weighted by Crippen LogP contribution is 2.23. The van der Waals surface area contributed by atoms with Gasteiger partial charge in [0.25, 0.3) is 5.91 Å². The minimum atomic E-state index is -4.70. The van der Waals surface area contributed by atoms with E-state index in [9.17, 15) is 22.8 Å². The second kappa shape index (κ2) is 7.70. The number of aliphatic carboxylic acids is 1. The molecule has 9 heteroatoms. The van der Waals surface area contributed by atoms with Crippen molar-refractivity contribution in [2.45, 2.75) is 25.6 Å². The molecule has 0 radical (unpaired) electrons. The standard InChI is InChI=1S/C14H16F3NO5/c1-8-5-9(3-4-11(8)22-2)23-7-12(19)18-10(13(20)21)6-14(15,16)17/h3-5,10H,6-7H2,1-2H3,(H,18,19)(H,20,21). The molecular weight excluding hydrogens is 319 g/mol. The number of carboxylic acids is 1. The van der Waals surface area contributed by atoms with E-state index in [-0.39, 0.29) is 0 Å². The Morgan fingerprint density at radius 3 is 2.48 bits per heavy atom. The molecule has 0 spiro atoms. The van der Waals surface area contributed by atoms with Crippen LogP contribution in [0.15, 0.2) is 18.2 Å². The third kappa shape index (κ3) is 6.45. The van der Waals surface area contributed by atoms with E-state index in [0.29, 0.717) is 11.5 Å². The number of rotatable bonds is 7. The SMILES string of the molecule is COc1ccc(OCC(=O)NC(CC(F)(F)F)C(=O)O)cc1C. The number of carbonyl (C=O) groups is 2. The topological polar surface area (TPSA) is 84.9 Å². The molecule has 1 atom stereocenters. The summed E-state index contributed by atoms with van der Waals surface area (Å²) in [5, 5.41) is 10.5. The van der Waals surface area contributed by atoms with Crippen LogP contribution in [0, 0.1) is 6.92 Å². The molecule has 1 unspecified atom stereocenters.